The maximum Gasteiger partial charge on any atom is 0.167 e. The molecule has 0 fully saturated rings. The highest BCUT2D eigenvalue weighted by atomic mass is 16.3. The van der Waals surface area contributed by atoms with Gasteiger partial charge >= 0.3 is 0 Å². The van der Waals surface area contributed by atoms with Crippen LogP contribution in [0.4, 0.5) is 17.1 Å². The van der Waals surface area contributed by atoms with Gasteiger partial charge in [0.2, 0.25) is 0 Å². The third kappa shape index (κ3) is 11.5. The Morgan fingerprint density at radius 1 is 0.185 bits per heavy atom. The summed E-state index contributed by atoms with van der Waals surface area (Å²) >= 11 is 0. The van der Waals surface area contributed by atoms with Gasteiger partial charge in [0.1, 0.15) is 33.5 Å². The molecule has 29 rings (SSSR count). The minimum atomic E-state index is -0.606. The monoisotopic (exact) mass is 1680 g/mol. The molecule has 0 saturated carbocycles. The number of hydrogen-bond donors (Lipinski definition) is 0. The van der Waals surface area contributed by atoms with Crippen LogP contribution in [0.2, 0.25) is 0 Å². The first-order valence-corrected chi connectivity index (χ1v) is 42.3. The van der Waals surface area contributed by atoms with Crippen molar-refractivity contribution in [2.24, 2.45) is 0 Å². The van der Waals surface area contributed by atoms with Crippen molar-refractivity contribution in [2.45, 2.75) is 0 Å². The third-order valence-corrected chi connectivity index (χ3v) is 25.2. The Balaban J connectivity index is 0.000000111. The van der Waals surface area contributed by atoms with E-state index in [0.29, 0.717) is 33.5 Å². The van der Waals surface area contributed by atoms with Crippen molar-refractivity contribution in [3.05, 3.63) is 418 Å². The number of furan rings is 3. The number of nitrogens with zero attached hydrogens (tertiary/aromatic N) is 7. The molecule has 0 N–H and O–H groups in total. The average molecular weight is 1680 g/mol. The topological polar surface area (TPSA) is 120 Å². The summed E-state index contributed by atoms with van der Waals surface area (Å²) in [5, 5.41) is 25.8. The fourth-order valence-corrected chi connectivity index (χ4v) is 19.7. The molecule has 0 aliphatic heterocycles. The first-order valence-electron chi connectivity index (χ1n) is 52.3. The summed E-state index contributed by atoms with van der Waals surface area (Å²) in [4.78, 5) is 29.7. The molecule has 10 nitrogen and oxygen atoms in total. The molecular weight excluding hydrogens is 1590 g/mol. The van der Waals surface area contributed by atoms with Crippen molar-refractivity contribution in [2.75, 3.05) is 4.90 Å². The van der Waals surface area contributed by atoms with Gasteiger partial charge in [-0.2, -0.15) is 0 Å². The van der Waals surface area contributed by atoms with E-state index in [0.717, 1.165) is 114 Å². The van der Waals surface area contributed by atoms with Gasteiger partial charge < -0.3 is 18.2 Å². The highest BCUT2D eigenvalue weighted by molar-refractivity contribution is 6.43. The smallest absolute Gasteiger partial charge is 0.167 e. The predicted molar refractivity (Wildman–Crippen MR) is 536 cm³/mol. The van der Waals surface area contributed by atoms with Gasteiger partial charge in [0.15, 0.2) is 34.9 Å². The zero-order valence-electron chi connectivity index (χ0n) is 88.1. The Morgan fingerprint density at radius 3 is 1.08 bits per heavy atom. The molecule has 5 aromatic heterocycles. The highest BCUT2D eigenvalue weighted by Gasteiger charge is 2.30. The van der Waals surface area contributed by atoms with Gasteiger partial charge in [0.25, 0.3) is 0 Å². The second-order valence-corrected chi connectivity index (χ2v) is 32.2. The Morgan fingerprint density at radius 2 is 0.538 bits per heavy atom. The van der Waals surface area contributed by atoms with Crippen LogP contribution in [0, 0.1) is 0 Å². The molecule has 29 aromatic rings. The molecule has 0 amide bonds. The second-order valence-electron chi connectivity index (χ2n) is 32.2. The van der Waals surface area contributed by atoms with Crippen LogP contribution in [0.3, 0.4) is 0 Å². The average Bonchev–Trinajstić information content (AvgIpc) is 1.51. The predicted octanol–water partition coefficient (Wildman–Crippen LogP) is 32.6. The summed E-state index contributed by atoms with van der Waals surface area (Å²) in [7, 11) is 0. The van der Waals surface area contributed by atoms with E-state index >= 15 is 0 Å². The largest absolute Gasteiger partial charge is 0.456 e. The van der Waals surface area contributed by atoms with E-state index in [1.807, 2.05) is 72.8 Å². The minimum Gasteiger partial charge on any atom is -0.456 e. The standard InChI is InChI=1S/C50H31NO.2C35H19N3O/c1-3-9-32(10-4-1)33-19-24-40(25-20-33)51(39-14-5-2-6-15-39)41-26-21-34(22-27-41)37-12-7-13-38(31-37)42-28-30-45-50-48(42)43-16-8-11-35-17-18-36-23-29-44(52-45)49(50)47(36)46(35)43;1-3-9-21(10-4-1)33-36-34(22-11-5-2-6-12-22)38-35(37-33)26-19-23-18-17-20-13-7-14-24-25-15-8-16-27-30(25)31(32(26)39-27)29(23)28(20)24;1-3-8-22(9-4-1)33-36-34(23-10-5-2-6-11-23)38-35(37-33)26-18-17-25-24-13-7-12-20-14-15-21-16-19-27-31(29(21)28(20)24)30(25)32(26)39-27/h1-31H;2*1-19H/i;1D,2D,3D,4D,5D,6D,9D,10D,11D,12D;1D,2D,3D,4D,5D,6D,8D,9D,10D,11D. The van der Waals surface area contributed by atoms with Gasteiger partial charge in [-0.1, -0.05) is 339 Å². The molecule has 0 atom stereocenters. The van der Waals surface area contributed by atoms with Crippen molar-refractivity contribution in [1.82, 2.24) is 29.9 Å². The number of benzene rings is 24. The second kappa shape index (κ2) is 29.0. The summed E-state index contributed by atoms with van der Waals surface area (Å²) in [6, 6.07) is 91.7. The van der Waals surface area contributed by atoms with E-state index in [-0.39, 0.29) is 57.2 Å². The highest BCUT2D eigenvalue weighted by Crippen LogP contribution is 2.54. The molecule has 0 saturated heterocycles. The van der Waals surface area contributed by atoms with Crippen LogP contribution in [-0.2, 0) is 0 Å². The maximum absolute atomic E-state index is 8.65. The summed E-state index contributed by atoms with van der Waals surface area (Å²) in [5.41, 5.74) is 14.0. The molecule has 24 aromatic carbocycles. The first-order chi connectivity index (χ1) is 72.7. The number of anilines is 3. The molecule has 0 aliphatic rings. The lowest BCUT2D eigenvalue weighted by Crippen LogP contribution is -2.09. The molecule has 0 aliphatic carbocycles. The molecule has 10 heteroatoms. The maximum atomic E-state index is 8.65. The van der Waals surface area contributed by atoms with Crippen LogP contribution in [-0.4, -0.2) is 29.9 Å². The molecule has 0 bridgehead atoms. The number of hydrogen-bond acceptors (Lipinski definition) is 10. The Bertz CT molecular complexity index is 10500. The van der Waals surface area contributed by atoms with Crippen LogP contribution in [0.25, 0.3) is 264 Å². The zero-order chi connectivity index (χ0) is 103. The van der Waals surface area contributed by atoms with E-state index in [9.17, 15) is 0 Å². The van der Waals surface area contributed by atoms with Gasteiger partial charge in [-0.3, -0.25) is 0 Å². The number of para-hydroxylation sites is 1. The summed E-state index contributed by atoms with van der Waals surface area (Å²) in [6.45, 7) is 0. The van der Waals surface area contributed by atoms with Crippen LogP contribution >= 0.6 is 0 Å². The number of aromatic nitrogens is 6. The lowest BCUT2D eigenvalue weighted by atomic mass is 9.86. The number of fused-ring (bicyclic) bond motifs is 3. The quantitative estimate of drug-likeness (QED) is 0.0864. The minimum absolute atomic E-state index is 0.0416. The van der Waals surface area contributed by atoms with Crippen LogP contribution in [0.5, 0.6) is 0 Å². The zero-order valence-corrected chi connectivity index (χ0v) is 68.1. The Labute approximate surface area is 771 Å². The molecule has 602 valence electrons. The fraction of sp³-hybridized carbons (Fsp3) is 0. The van der Waals surface area contributed by atoms with Gasteiger partial charge in [0, 0.05) is 93.2 Å². The molecular formula is C120H69N7O3. The summed E-state index contributed by atoms with van der Waals surface area (Å²) in [5.74, 6) is -1.41. The molecule has 0 spiro atoms. The van der Waals surface area contributed by atoms with Crippen molar-refractivity contribution in [1.29, 1.82) is 0 Å². The van der Waals surface area contributed by atoms with Crippen molar-refractivity contribution in [3.8, 4) is 102 Å². The van der Waals surface area contributed by atoms with E-state index in [1.54, 1.807) is 6.07 Å². The molecule has 5 heterocycles. The first kappa shape index (κ1) is 55.6. The van der Waals surface area contributed by atoms with Crippen molar-refractivity contribution in [3.63, 3.8) is 0 Å². The third-order valence-electron chi connectivity index (χ3n) is 25.2. The van der Waals surface area contributed by atoms with Gasteiger partial charge in [-0.05, 0) is 188 Å². The van der Waals surface area contributed by atoms with Gasteiger partial charge in [-0.15, -0.1) is 0 Å². The van der Waals surface area contributed by atoms with Crippen molar-refractivity contribution >= 4 is 180 Å². The van der Waals surface area contributed by atoms with E-state index < -0.39 is 121 Å². The Kier molecular flexibility index (Phi) is 12.4. The summed E-state index contributed by atoms with van der Waals surface area (Å²) < 4.78 is 187. The SMILES string of the molecule is [2H]c1c([2H])c([2H])c(-c2nc(-c3c([2H])c([2H])c([2H])c([2H])c3[2H])nc(-c3cc4ccc5cccc6c7cccc8oc3c(c87)c4c56)n2)c([2H])c1[2H].[2H]c1c([2H])c([2H])c(-c2nc(-c3c([2H])c([2H])c([2H])c([2H])c3[2H])nc(-c3ccc4c5cccc6ccc7ccc8oc3c4c8c7c65)n2)c([2H])c1[2H].c1ccc(-c2ccc(N(c3ccccc3)c3ccc(-c4cccc(-c5ccc6oc7ccc8ccc9cccc%10c5c6c7c8c9%10)c4)cc3)cc2)cc1. The van der Waals surface area contributed by atoms with Crippen LogP contribution in [0.15, 0.2) is 431 Å². The van der Waals surface area contributed by atoms with E-state index in [4.69, 9.17) is 40.7 Å². The van der Waals surface area contributed by atoms with Gasteiger partial charge in [-0.25, -0.2) is 29.9 Å². The summed E-state index contributed by atoms with van der Waals surface area (Å²) in [6.07, 6.45) is 0. The van der Waals surface area contributed by atoms with Crippen LogP contribution < -0.4 is 4.90 Å². The number of rotatable bonds is 12. The van der Waals surface area contributed by atoms with Crippen molar-refractivity contribution < 1.29 is 40.7 Å². The normalized spacial score (nSPS) is 14.2. The molecule has 0 radical (unpaired) electrons. The Hall–Kier alpha value is -17.6. The molecule has 0 unspecified atom stereocenters. The van der Waals surface area contributed by atoms with Crippen LogP contribution in [0.1, 0.15) is 27.4 Å². The van der Waals surface area contributed by atoms with E-state index in [1.165, 1.54) is 76.5 Å². The van der Waals surface area contributed by atoms with Gasteiger partial charge in [0.05, 0.1) is 38.5 Å². The molecule has 130 heavy (non-hydrogen) atoms. The lowest BCUT2D eigenvalue weighted by molar-refractivity contribution is 0.669. The van der Waals surface area contributed by atoms with E-state index in [2.05, 4.69) is 253 Å². The lowest BCUT2D eigenvalue weighted by Gasteiger charge is -2.26. The fourth-order valence-electron chi connectivity index (χ4n) is 19.7.